The third-order valence-electron chi connectivity index (χ3n) is 3.01. The molecule has 0 bridgehead atoms. The molecule has 0 saturated heterocycles. The van der Waals surface area contributed by atoms with Gasteiger partial charge in [0, 0.05) is 5.02 Å². The molecule has 2 rings (SSSR count). The molecule has 0 fully saturated rings. The van der Waals surface area contributed by atoms with E-state index in [9.17, 15) is 4.79 Å². The second-order valence-electron chi connectivity index (χ2n) is 4.56. The van der Waals surface area contributed by atoms with Crippen molar-refractivity contribution in [2.45, 2.75) is 0 Å². The maximum absolute atomic E-state index is 12.1. The van der Waals surface area contributed by atoms with E-state index in [1.54, 1.807) is 25.3 Å². The summed E-state index contributed by atoms with van der Waals surface area (Å²) in [6, 6.07) is 8.12. The Labute approximate surface area is 157 Å². The fourth-order valence-electron chi connectivity index (χ4n) is 1.91. The number of nitrogens with zero attached hydrogens (tertiary/aromatic N) is 1. The van der Waals surface area contributed by atoms with Crippen LogP contribution in [0.15, 0.2) is 39.9 Å². The number of benzene rings is 2. The van der Waals surface area contributed by atoms with Crippen LogP contribution in [0.25, 0.3) is 0 Å². The molecule has 1 amide bonds. The summed E-state index contributed by atoms with van der Waals surface area (Å²) < 4.78 is 11.2. The molecule has 8 heteroatoms. The van der Waals surface area contributed by atoms with Crippen LogP contribution in [0.5, 0.6) is 11.5 Å². The Bertz CT molecular complexity index is 797. The third kappa shape index (κ3) is 4.41. The van der Waals surface area contributed by atoms with Crippen molar-refractivity contribution in [3.8, 4) is 11.5 Å². The zero-order valence-corrected chi connectivity index (χ0v) is 15.9. The number of rotatable bonds is 5. The fraction of sp³-hybridized carbons (Fsp3) is 0.125. The summed E-state index contributed by atoms with van der Waals surface area (Å²) in [6.45, 7) is 0. The van der Waals surface area contributed by atoms with Gasteiger partial charge in [-0.1, -0.05) is 23.2 Å². The van der Waals surface area contributed by atoms with Gasteiger partial charge in [-0.2, -0.15) is 5.10 Å². The van der Waals surface area contributed by atoms with Crippen LogP contribution in [0.2, 0.25) is 10.0 Å². The van der Waals surface area contributed by atoms with Crippen LogP contribution in [0.1, 0.15) is 15.9 Å². The van der Waals surface area contributed by atoms with Gasteiger partial charge in [-0.3, -0.25) is 4.79 Å². The van der Waals surface area contributed by atoms with Crippen LogP contribution < -0.4 is 14.9 Å². The minimum Gasteiger partial charge on any atom is -0.493 e. The highest BCUT2D eigenvalue weighted by Crippen LogP contribution is 2.35. The predicted molar refractivity (Wildman–Crippen MR) is 98.8 cm³/mol. The number of ether oxygens (including phenoxy) is 2. The molecule has 1 N–H and O–H groups in total. The van der Waals surface area contributed by atoms with Crippen molar-refractivity contribution in [3.05, 3.63) is 56.0 Å². The van der Waals surface area contributed by atoms with Gasteiger partial charge in [0.1, 0.15) is 0 Å². The smallest absolute Gasteiger partial charge is 0.272 e. The number of carbonyl (C=O) groups is 1. The maximum atomic E-state index is 12.1. The summed E-state index contributed by atoms with van der Waals surface area (Å²) >= 11 is 15.2. The van der Waals surface area contributed by atoms with E-state index in [4.69, 9.17) is 32.7 Å². The monoisotopic (exact) mass is 430 g/mol. The van der Waals surface area contributed by atoms with E-state index >= 15 is 0 Å². The Morgan fingerprint density at radius 1 is 1.21 bits per heavy atom. The molecular weight excluding hydrogens is 419 g/mol. The lowest BCUT2D eigenvalue weighted by molar-refractivity contribution is 0.0955. The minimum atomic E-state index is -0.438. The number of hydrogen-bond donors (Lipinski definition) is 1. The summed E-state index contributed by atoms with van der Waals surface area (Å²) in [5.41, 5.74) is 3.40. The molecule has 0 radical (unpaired) electrons. The van der Waals surface area contributed by atoms with Gasteiger partial charge in [0.25, 0.3) is 5.91 Å². The van der Waals surface area contributed by atoms with Gasteiger partial charge in [0.15, 0.2) is 11.5 Å². The number of hydrogen-bond acceptors (Lipinski definition) is 4. The van der Waals surface area contributed by atoms with Gasteiger partial charge in [-0.15, -0.1) is 0 Å². The Kier molecular flexibility index (Phi) is 6.48. The summed E-state index contributed by atoms with van der Waals surface area (Å²) in [7, 11) is 3.09. The van der Waals surface area contributed by atoms with Crippen molar-refractivity contribution >= 4 is 51.3 Å². The van der Waals surface area contributed by atoms with E-state index in [1.165, 1.54) is 25.5 Å². The van der Waals surface area contributed by atoms with Crippen molar-refractivity contribution in [1.29, 1.82) is 0 Å². The first-order chi connectivity index (χ1) is 11.5. The van der Waals surface area contributed by atoms with Crippen molar-refractivity contribution in [2.24, 2.45) is 5.10 Å². The average molecular weight is 432 g/mol. The molecule has 0 spiro atoms. The normalized spacial score (nSPS) is 10.7. The highest BCUT2D eigenvalue weighted by molar-refractivity contribution is 9.10. The van der Waals surface area contributed by atoms with Gasteiger partial charge in [0.2, 0.25) is 0 Å². The summed E-state index contributed by atoms with van der Waals surface area (Å²) in [6.07, 6.45) is 1.48. The third-order valence-corrected chi connectivity index (χ3v) is 4.15. The molecule has 0 aliphatic rings. The van der Waals surface area contributed by atoms with Crippen LogP contribution in [0.3, 0.4) is 0 Å². The van der Waals surface area contributed by atoms with Crippen molar-refractivity contribution in [2.75, 3.05) is 14.2 Å². The Balaban J connectivity index is 2.14. The molecule has 5 nitrogen and oxygen atoms in total. The molecule has 0 saturated carbocycles. The van der Waals surface area contributed by atoms with E-state index < -0.39 is 5.91 Å². The van der Waals surface area contributed by atoms with Crippen LogP contribution in [-0.2, 0) is 0 Å². The van der Waals surface area contributed by atoms with E-state index in [2.05, 4.69) is 26.5 Å². The Morgan fingerprint density at radius 3 is 2.58 bits per heavy atom. The molecule has 0 atom stereocenters. The first-order valence-corrected chi connectivity index (χ1v) is 8.21. The molecular formula is C16H13BrCl2N2O3. The number of amides is 1. The zero-order valence-electron chi connectivity index (χ0n) is 12.8. The van der Waals surface area contributed by atoms with Crippen LogP contribution in [-0.4, -0.2) is 26.3 Å². The zero-order chi connectivity index (χ0) is 17.7. The number of methoxy groups -OCH3 is 2. The highest BCUT2D eigenvalue weighted by atomic mass is 79.9. The van der Waals surface area contributed by atoms with Gasteiger partial charge < -0.3 is 9.47 Å². The predicted octanol–water partition coefficient (Wildman–Crippen LogP) is 4.54. The molecule has 0 unspecified atom stereocenters. The SMILES string of the molecule is COc1cc(/C=N\NC(=O)c2ccc(Cl)cc2Cl)cc(Br)c1OC. The maximum Gasteiger partial charge on any atom is 0.272 e. The topological polar surface area (TPSA) is 59.9 Å². The molecule has 24 heavy (non-hydrogen) atoms. The van der Waals surface area contributed by atoms with Crippen molar-refractivity contribution in [1.82, 2.24) is 5.43 Å². The van der Waals surface area contributed by atoms with Gasteiger partial charge in [-0.05, 0) is 51.8 Å². The molecule has 0 heterocycles. The van der Waals surface area contributed by atoms with E-state index in [1.807, 2.05) is 0 Å². The van der Waals surface area contributed by atoms with Crippen LogP contribution >= 0.6 is 39.1 Å². The van der Waals surface area contributed by atoms with Crippen LogP contribution in [0, 0.1) is 0 Å². The summed E-state index contributed by atoms with van der Waals surface area (Å²) in [5.74, 6) is 0.680. The molecule has 126 valence electrons. The minimum absolute atomic E-state index is 0.254. The lowest BCUT2D eigenvalue weighted by Gasteiger charge is -2.10. The largest absolute Gasteiger partial charge is 0.493 e. The quantitative estimate of drug-likeness (QED) is 0.558. The number of hydrazone groups is 1. The van der Waals surface area contributed by atoms with Gasteiger partial charge >= 0.3 is 0 Å². The second-order valence-corrected chi connectivity index (χ2v) is 6.26. The first kappa shape index (κ1) is 18.6. The van der Waals surface area contributed by atoms with E-state index in [0.717, 1.165) is 0 Å². The highest BCUT2D eigenvalue weighted by Gasteiger charge is 2.11. The number of carbonyl (C=O) groups excluding carboxylic acids is 1. The Morgan fingerprint density at radius 2 is 1.96 bits per heavy atom. The molecule has 2 aromatic carbocycles. The molecule has 0 aliphatic heterocycles. The average Bonchev–Trinajstić information content (AvgIpc) is 2.54. The van der Waals surface area contributed by atoms with Crippen molar-refractivity contribution in [3.63, 3.8) is 0 Å². The summed E-state index contributed by atoms with van der Waals surface area (Å²) in [4.78, 5) is 12.1. The van der Waals surface area contributed by atoms with E-state index in [-0.39, 0.29) is 10.6 Å². The second kappa shape index (κ2) is 8.37. The lowest BCUT2D eigenvalue weighted by Crippen LogP contribution is -2.18. The fourth-order valence-corrected chi connectivity index (χ4v) is 3.03. The van der Waals surface area contributed by atoms with Crippen LogP contribution in [0.4, 0.5) is 0 Å². The standard InChI is InChI=1S/C16H13BrCl2N2O3/c1-23-14-6-9(5-12(17)15(14)24-2)8-20-21-16(22)11-4-3-10(18)7-13(11)19/h3-8H,1-2H3,(H,21,22)/b20-8-. The summed E-state index contributed by atoms with van der Waals surface area (Å²) in [5, 5.41) is 4.63. The van der Waals surface area contributed by atoms with Crippen molar-refractivity contribution < 1.29 is 14.3 Å². The molecule has 2 aromatic rings. The van der Waals surface area contributed by atoms with Gasteiger partial charge in [0.05, 0.1) is 35.5 Å². The lowest BCUT2D eigenvalue weighted by atomic mass is 10.2. The van der Waals surface area contributed by atoms with E-state index in [0.29, 0.717) is 26.6 Å². The molecule has 0 aliphatic carbocycles. The molecule has 0 aromatic heterocycles. The first-order valence-electron chi connectivity index (χ1n) is 6.66. The number of halogens is 3. The van der Waals surface area contributed by atoms with Gasteiger partial charge in [-0.25, -0.2) is 5.43 Å². The number of nitrogens with one attached hydrogen (secondary N) is 1. The Hall–Kier alpha value is -1.76.